The number of nitrogens with one attached hydrogen (secondary N) is 2. The van der Waals surface area contributed by atoms with Crippen LogP contribution in [0, 0.1) is 13.8 Å². The van der Waals surface area contributed by atoms with Gasteiger partial charge in [0.25, 0.3) is 0 Å². The van der Waals surface area contributed by atoms with Gasteiger partial charge in [0.05, 0.1) is 16.9 Å². The van der Waals surface area contributed by atoms with Crippen molar-refractivity contribution in [3.63, 3.8) is 0 Å². The molecule has 0 atom stereocenters. The molecule has 116 valence electrons. The van der Waals surface area contributed by atoms with Crippen LogP contribution in [-0.4, -0.2) is 15.2 Å². The van der Waals surface area contributed by atoms with E-state index >= 15 is 0 Å². The lowest BCUT2D eigenvalue weighted by Gasteiger charge is -2.10. The van der Waals surface area contributed by atoms with Crippen molar-refractivity contribution in [1.82, 2.24) is 15.2 Å². The Morgan fingerprint density at radius 1 is 0.957 bits per heavy atom. The van der Waals surface area contributed by atoms with E-state index in [1.54, 1.807) is 12.3 Å². The topological polar surface area (TPSA) is 62.7 Å². The zero-order valence-corrected chi connectivity index (χ0v) is 13.6. The molecule has 5 nitrogen and oxygen atoms in total. The molecule has 0 aliphatic rings. The van der Waals surface area contributed by atoms with E-state index in [1.807, 2.05) is 37.3 Å². The maximum absolute atomic E-state index is 6.13. The number of aromatic nitrogens is 3. The second-order valence-corrected chi connectivity index (χ2v) is 5.62. The van der Waals surface area contributed by atoms with Gasteiger partial charge in [0.2, 0.25) is 5.95 Å². The number of hydrogen-bond acceptors (Lipinski definition) is 5. The fourth-order valence-corrected chi connectivity index (χ4v) is 2.37. The van der Waals surface area contributed by atoms with E-state index < -0.39 is 0 Å². The molecule has 2 aromatic carbocycles. The third-order valence-electron chi connectivity index (χ3n) is 3.32. The van der Waals surface area contributed by atoms with Crippen molar-refractivity contribution in [2.45, 2.75) is 13.8 Å². The van der Waals surface area contributed by atoms with Gasteiger partial charge in [-0.05, 0) is 37.6 Å². The Bertz CT molecular complexity index is 835. The third-order valence-corrected chi connectivity index (χ3v) is 3.65. The fourth-order valence-electron chi connectivity index (χ4n) is 2.19. The van der Waals surface area contributed by atoms with Crippen LogP contribution in [0.3, 0.4) is 0 Å². The lowest BCUT2D eigenvalue weighted by atomic mass is 10.1. The summed E-state index contributed by atoms with van der Waals surface area (Å²) in [5.74, 6) is 0.995. The Morgan fingerprint density at radius 3 is 2.57 bits per heavy atom. The predicted molar refractivity (Wildman–Crippen MR) is 93.8 cm³/mol. The zero-order valence-electron chi connectivity index (χ0n) is 12.8. The van der Waals surface area contributed by atoms with Gasteiger partial charge in [-0.3, -0.25) is 0 Å². The van der Waals surface area contributed by atoms with Crippen molar-refractivity contribution in [2.24, 2.45) is 0 Å². The van der Waals surface area contributed by atoms with Crippen molar-refractivity contribution in [1.29, 1.82) is 0 Å². The molecule has 0 aliphatic carbocycles. The molecule has 6 heteroatoms. The van der Waals surface area contributed by atoms with Crippen LogP contribution >= 0.6 is 11.6 Å². The first kappa shape index (κ1) is 15.2. The second-order valence-electron chi connectivity index (χ2n) is 5.21. The van der Waals surface area contributed by atoms with Gasteiger partial charge in [0, 0.05) is 5.69 Å². The smallest absolute Gasteiger partial charge is 0.249 e. The summed E-state index contributed by atoms with van der Waals surface area (Å²) in [5, 5.41) is 14.9. The van der Waals surface area contributed by atoms with Crippen molar-refractivity contribution in [3.8, 4) is 0 Å². The van der Waals surface area contributed by atoms with Crippen LogP contribution in [0.15, 0.2) is 48.7 Å². The maximum Gasteiger partial charge on any atom is 0.249 e. The summed E-state index contributed by atoms with van der Waals surface area (Å²) in [6, 6.07) is 13.6. The van der Waals surface area contributed by atoms with Gasteiger partial charge >= 0.3 is 0 Å². The molecule has 0 amide bonds. The summed E-state index contributed by atoms with van der Waals surface area (Å²) < 4.78 is 0. The van der Waals surface area contributed by atoms with E-state index in [4.69, 9.17) is 11.6 Å². The molecule has 1 aromatic heterocycles. The summed E-state index contributed by atoms with van der Waals surface area (Å²) in [7, 11) is 0. The molecule has 0 spiro atoms. The van der Waals surface area contributed by atoms with Crippen molar-refractivity contribution in [2.75, 3.05) is 10.6 Å². The van der Waals surface area contributed by atoms with Crippen molar-refractivity contribution >= 4 is 34.7 Å². The molecule has 1 heterocycles. The highest BCUT2D eigenvalue weighted by molar-refractivity contribution is 6.33. The third kappa shape index (κ3) is 3.76. The van der Waals surface area contributed by atoms with Crippen LogP contribution in [0.2, 0.25) is 5.02 Å². The van der Waals surface area contributed by atoms with E-state index in [1.165, 1.54) is 5.56 Å². The van der Waals surface area contributed by atoms with Gasteiger partial charge in [-0.1, -0.05) is 41.4 Å². The Hall–Kier alpha value is -2.66. The molecule has 0 bridgehead atoms. The van der Waals surface area contributed by atoms with E-state index in [2.05, 4.69) is 38.8 Å². The molecule has 2 N–H and O–H groups in total. The first-order chi connectivity index (χ1) is 11.1. The number of rotatable bonds is 4. The number of nitrogens with zero attached hydrogens (tertiary/aromatic N) is 3. The Balaban J connectivity index is 1.81. The number of anilines is 4. The molecule has 0 aliphatic heterocycles. The summed E-state index contributed by atoms with van der Waals surface area (Å²) in [6.07, 6.45) is 1.58. The summed E-state index contributed by atoms with van der Waals surface area (Å²) in [6.45, 7) is 4.11. The van der Waals surface area contributed by atoms with Crippen LogP contribution in [0.4, 0.5) is 23.1 Å². The van der Waals surface area contributed by atoms with Crippen molar-refractivity contribution in [3.05, 3.63) is 64.8 Å². The van der Waals surface area contributed by atoms with E-state index in [-0.39, 0.29) is 0 Å². The van der Waals surface area contributed by atoms with Crippen LogP contribution < -0.4 is 10.6 Å². The minimum Gasteiger partial charge on any atom is -0.339 e. The molecule has 3 rings (SSSR count). The minimum absolute atomic E-state index is 0.382. The SMILES string of the molecule is Cc1ccc(Nc2cnnc(Nc3ccccc3Cl)n2)c(C)c1. The number of aryl methyl sites for hydroxylation is 2. The number of benzene rings is 2. The molecule has 0 fully saturated rings. The number of para-hydroxylation sites is 1. The van der Waals surface area contributed by atoms with Gasteiger partial charge in [0.15, 0.2) is 5.82 Å². The highest BCUT2D eigenvalue weighted by Gasteiger charge is 2.05. The predicted octanol–water partition coefficient (Wildman–Crippen LogP) is 4.63. The number of halogens is 1. The molecular weight excluding hydrogens is 310 g/mol. The lowest BCUT2D eigenvalue weighted by Crippen LogP contribution is -2.03. The average Bonchev–Trinajstić information content (AvgIpc) is 2.53. The zero-order chi connectivity index (χ0) is 16.2. The van der Waals surface area contributed by atoms with Gasteiger partial charge in [-0.2, -0.15) is 10.1 Å². The van der Waals surface area contributed by atoms with E-state index in [0.717, 1.165) is 16.9 Å². The Morgan fingerprint density at radius 2 is 1.78 bits per heavy atom. The molecule has 0 saturated heterocycles. The highest BCUT2D eigenvalue weighted by atomic mass is 35.5. The van der Waals surface area contributed by atoms with Gasteiger partial charge < -0.3 is 10.6 Å². The largest absolute Gasteiger partial charge is 0.339 e. The van der Waals surface area contributed by atoms with Crippen LogP contribution in [-0.2, 0) is 0 Å². The standard InChI is InChI=1S/C17H16ClN5/c1-11-7-8-14(12(2)9-11)20-16-10-19-23-17(22-16)21-15-6-4-3-5-13(15)18/h3-10H,1-2H3,(H2,20,21,22,23). The first-order valence-electron chi connectivity index (χ1n) is 7.17. The van der Waals surface area contributed by atoms with Crippen LogP contribution in [0.1, 0.15) is 11.1 Å². The maximum atomic E-state index is 6.13. The minimum atomic E-state index is 0.382. The van der Waals surface area contributed by atoms with Gasteiger partial charge in [-0.15, -0.1) is 5.10 Å². The summed E-state index contributed by atoms with van der Waals surface area (Å²) in [4.78, 5) is 4.41. The summed E-state index contributed by atoms with van der Waals surface area (Å²) in [5.41, 5.74) is 4.08. The fraction of sp³-hybridized carbons (Fsp3) is 0.118. The van der Waals surface area contributed by atoms with Crippen LogP contribution in [0.5, 0.6) is 0 Å². The van der Waals surface area contributed by atoms with E-state index in [9.17, 15) is 0 Å². The molecule has 3 aromatic rings. The first-order valence-corrected chi connectivity index (χ1v) is 7.55. The normalized spacial score (nSPS) is 10.4. The lowest BCUT2D eigenvalue weighted by molar-refractivity contribution is 0.982. The summed E-state index contributed by atoms with van der Waals surface area (Å²) >= 11 is 6.13. The van der Waals surface area contributed by atoms with Crippen LogP contribution in [0.25, 0.3) is 0 Å². The molecule has 0 radical (unpaired) electrons. The van der Waals surface area contributed by atoms with E-state index in [0.29, 0.717) is 16.8 Å². The highest BCUT2D eigenvalue weighted by Crippen LogP contribution is 2.24. The molecule has 0 unspecified atom stereocenters. The van der Waals surface area contributed by atoms with Gasteiger partial charge in [-0.25, -0.2) is 0 Å². The molecule has 0 saturated carbocycles. The van der Waals surface area contributed by atoms with Gasteiger partial charge in [0.1, 0.15) is 0 Å². The second kappa shape index (κ2) is 6.62. The van der Waals surface area contributed by atoms with Crippen molar-refractivity contribution < 1.29 is 0 Å². The Kier molecular flexibility index (Phi) is 4.39. The quantitative estimate of drug-likeness (QED) is 0.732. The number of hydrogen-bond donors (Lipinski definition) is 2. The monoisotopic (exact) mass is 325 g/mol. The molecule has 23 heavy (non-hydrogen) atoms. The average molecular weight is 326 g/mol. The Labute approximate surface area is 139 Å². The molecular formula is C17H16ClN5.